The number of rotatable bonds is 8. The van der Waals surface area contributed by atoms with Gasteiger partial charge in [-0.1, -0.05) is 60.7 Å². The van der Waals surface area contributed by atoms with Crippen LogP contribution < -0.4 is 15.4 Å². The molecule has 3 aromatic rings. The standard InChI is InChI=1S/C22H22N2O2/c25-22(24-20-12-5-2-6-13-20)17-26-21-14-8-7-11-19(21)16-23-15-18-9-3-1-4-10-18/h1-14,23H,15-17H2,(H,24,25)/p+1. The van der Waals surface area contributed by atoms with Crippen LogP contribution in [-0.4, -0.2) is 12.5 Å². The Morgan fingerprint density at radius 3 is 2.23 bits per heavy atom. The molecule has 0 saturated heterocycles. The molecule has 0 aliphatic heterocycles. The Balaban J connectivity index is 1.51. The van der Waals surface area contributed by atoms with E-state index in [0.29, 0.717) is 0 Å². The maximum Gasteiger partial charge on any atom is 0.262 e. The van der Waals surface area contributed by atoms with Crippen molar-refractivity contribution in [3.8, 4) is 5.75 Å². The second-order valence-electron chi connectivity index (χ2n) is 5.99. The summed E-state index contributed by atoms with van der Waals surface area (Å²) in [5.41, 5.74) is 3.13. The average Bonchev–Trinajstić information content (AvgIpc) is 2.69. The van der Waals surface area contributed by atoms with Gasteiger partial charge in [0.05, 0.1) is 0 Å². The van der Waals surface area contributed by atoms with Gasteiger partial charge in [0.25, 0.3) is 5.91 Å². The topological polar surface area (TPSA) is 54.9 Å². The van der Waals surface area contributed by atoms with Crippen LogP contribution in [0.3, 0.4) is 0 Å². The van der Waals surface area contributed by atoms with Crippen LogP contribution in [0.15, 0.2) is 84.9 Å². The van der Waals surface area contributed by atoms with E-state index in [1.165, 1.54) is 5.56 Å². The molecule has 1 amide bonds. The molecule has 4 heteroatoms. The van der Waals surface area contributed by atoms with E-state index >= 15 is 0 Å². The highest BCUT2D eigenvalue weighted by Crippen LogP contribution is 2.17. The van der Waals surface area contributed by atoms with E-state index in [2.05, 4.69) is 22.8 Å². The number of ether oxygens (including phenoxy) is 1. The fourth-order valence-electron chi connectivity index (χ4n) is 2.68. The van der Waals surface area contributed by atoms with Crippen molar-refractivity contribution in [1.82, 2.24) is 0 Å². The second-order valence-corrected chi connectivity index (χ2v) is 5.99. The summed E-state index contributed by atoms with van der Waals surface area (Å²) >= 11 is 0. The molecule has 0 atom stereocenters. The molecule has 0 spiro atoms. The van der Waals surface area contributed by atoms with E-state index in [0.717, 1.165) is 30.1 Å². The smallest absolute Gasteiger partial charge is 0.262 e. The number of nitrogens with one attached hydrogen (secondary N) is 1. The Labute approximate surface area is 153 Å². The van der Waals surface area contributed by atoms with Crippen molar-refractivity contribution in [3.63, 3.8) is 0 Å². The van der Waals surface area contributed by atoms with Gasteiger partial charge in [-0.15, -0.1) is 0 Å². The number of nitrogens with two attached hydrogens (primary N) is 1. The average molecular weight is 347 g/mol. The first kappa shape index (κ1) is 17.7. The van der Waals surface area contributed by atoms with Crippen molar-refractivity contribution < 1.29 is 14.8 Å². The number of amides is 1. The SMILES string of the molecule is O=C(COc1ccccc1C[NH2+]Cc1ccccc1)Nc1ccccc1. The van der Waals surface area contributed by atoms with Crippen molar-refractivity contribution in [2.45, 2.75) is 13.1 Å². The van der Waals surface area contributed by atoms with Gasteiger partial charge >= 0.3 is 0 Å². The minimum atomic E-state index is -0.167. The monoisotopic (exact) mass is 347 g/mol. The molecule has 0 heterocycles. The number of benzene rings is 3. The Bertz CT molecular complexity index is 820. The molecule has 4 nitrogen and oxygen atoms in total. The summed E-state index contributed by atoms with van der Waals surface area (Å²) < 4.78 is 5.74. The lowest BCUT2D eigenvalue weighted by Crippen LogP contribution is -2.80. The molecular weight excluding hydrogens is 324 g/mol. The van der Waals surface area contributed by atoms with Crippen LogP contribution in [0.5, 0.6) is 5.75 Å². The van der Waals surface area contributed by atoms with E-state index in [-0.39, 0.29) is 12.5 Å². The zero-order valence-electron chi connectivity index (χ0n) is 14.6. The molecule has 0 bridgehead atoms. The second kappa shape index (κ2) is 9.39. The molecule has 0 aliphatic carbocycles. The molecular formula is C22H23N2O2+. The van der Waals surface area contributed by atoms with Crippen LogP contribution in [0, 0.1) is 0 Å². The largest absolute Gasteiger partial charge is 0.483 e. The highest BCUT2D eigenvalue weighted by Gasteiger charge is 2.08. The van der Waals surface area contributed by atoms with Gasteiger partial charge in [0.15, 0.2) is 6.61 Å². The molecule has 0 unspecified atom stereocenters. The molecule has 132 valence electrons. The first-order valence-electron chi connectivity index (χ1n) is 8.72. The summed E-state index contributed by atoms with van der Waals surface area (Å²) in [6.07, 6.45) is 0. The summed E-state index contributed by atoms with van der Waals surface area (Å²) in [4.78, 5) is 12.1. The third-order valence-corrected chi connectivity index (χ3v) is 3.98. The number of quaternary nitrogens is 1. The zero-order valence-corrected chi connectivity index (χ0v) is 14.6. The number of carbonyl (C=O) groups excluding carboxylic acids is 1. The lowest BCUT2D eigenvalue weighted by atomic mass is 10.2. The van der Waals surface area contributed by atoms with Crippen molar-refractivity contribution in [3.05, 3.63) is 96.1 Å². The third-order valence-electron chi connectivity index (χ3n) is 3.98. The fraction of sp³-hybridized carbons (Fsp3) is 0.136. The van der Waals surface area contributed by atoms with E-state index in [4.69, 9.17) is 4.74 Å². The number of hydrogen-bond donors (Lipinski definition) is 2. The Morgan fingerprint density at radius 1 is 0.808 bits per heavy atom. The Kier molecular flexibility index (Phi) is 6.40. The molecule has 0 aromatic heterocycles. The summed E-state index contributed by atoms with van der Waals surface area (Å²) in [6, 6.07) is 27.6. The number of anilines is 1. The lowest BCUT2D eigenvalue weighted by molar-refractivity contribution is -0.686. The quantitative estimate of drug-likeness (QED) is 0.658. The van der Waals surface area contributed by atoms with Crippen LogP contribution in [0.1, 0.15) is 11.1 Å². The van der Waals surface area contributed by atoms with Crippen LogP contribution in [0.25, 0.3) is 0 Å². The minimum absolute atomic E-state index is 0.00933. The van der Waals surface area contributed by atoms with Crippen molar-refractivity contribution in [2.24, 2.45) is 0 Å². The van der Waals surface area contributed by atoms with Crippen LogP contribution in [0.2, 0.25) is 0 Å². The van der Waals surface area contributed by atoms with Gasteiger partial charge in [-0.2, -0.15) is 0 Å². The van der Waals surface area contributed by atoms with Gasteiger partial charge in [0, 0.05) is 16.8 Å². The van der Waals surface area contributed by atoms with Crippen molar-refractivity contribution >= 4 is 11.6 Å². The summed E-state index contributed by atoms with van der Waals surface area (Å²) in [5, 5.41) is 5.05. The maximum absolute atomic E-state index is 12.1. The normalized spacial score (nSPS) is 10.3. The van der Waals surface area contributed by atoms with Crippen LogP contribution in [0.4, 0.5) is 5.69 Å². The van der Waals surface area contributed by atoms with Gasteiger partial charge in [0.2, 0.25) is 0 Å². The van der Waals surface area contributed by atoms with E-state index in [1.807, 2.05) is 72.8 Å². The highest BCUT2D eigenvalue weighted by atomic mass is 16.5. The van der Waals surface area contributed by atoms with Crippen molar-refractivity contribution in [1.29, 1.82) is 0 Å². The molecule has 26 heavy (non-hydrogen) atoms. The predicted molar refractivity (Wildman–Crippen MR) is 103 cm³/mol. The summed E-state index contributed by atoms with van der Waals surface area (Å²) in [5.74, 6) is 0.583. The zero-order chi connectivity index (χ0) is 18.0. The molecule has 3 N–H and O–H groups in total. The van der Waals surface area contributed by atoms with Gasteiger partial charge in [-0.25, -0.2) is 0 Å². The van der Waals surface area contributed by atoms with Gasteiger partial charge in [-0.05, 0) is 24.3 Å². The number of para-hydroxylation sites is 2. The minimum Gasteiger partial charge on any atom is -0.483 e. The molecule has 0 fully saturated rings. The van der Waals surface area contributed by atoms with Crippen LogP contribution in [-0.2, 0) is 17.9 Å². The van der Waals surface area contributed by atoms with Crippen molar-refractivity contribution in [2.75, 3.05) is 11.9 Å². The van der Waals surface area contributed by atoms with E-state index < -0.39 is 0 Å². The number of hydrogen-bond acceptors (Lipinski definition) is 2. The molecule has 3 rings (SSSR count). The highest BCUT2D eigenvalue weighted by molar-refractivity contribution is 5.91. The molecule has 3 aromatic carbocycles. The predicted octanol–water partition coefficient (Wildman–Crippen LogP) is 2.97. The fourth-order valence-corrected chi connectivity index (χ4v) is 2.68. The van der Waals surface area contributed by atoms with Crippen LogP contribution >= 0.6 is 0 Å². The third kappa shape index (κ3) is 5.46. The Morgan fingerprint density at radius 2 is 1.46 bits per heavy atom. The van der Waals surface area contributed by atoms with Gasteiger partial charge in [0.1, 0.15) is 18.8 Å². The summed E-state index contributed by atoms with van der Waals surface area (Å²) in [6.45, 7) is 1.69. The molecule has 0 saturated carbocycles. The first-order valence-corrected chi connectivity index (χ1v) is 8.72. The lowest BCUT2D eigenvalue weighted by Gasteiger charge is -2.11. The molecule has 0 radical (unpaired) electrons. The van der Waals surface area contributed by atoms with Gasteiger partial charge < -0.3 is 15.4 Å². The Hall–Kier alpha value is -3.11. The van der Waals surface area contributed by atoms with E-state index in [9.17, 15) is 4.79 Å². The van der Waals surface area contributed by atoms with E-state index in [1.54, 1.807) is 0 Å². The first-order chi connectivity index (χ1) is 12.8. The van der Waals surface area contributed by atoms with Gasteiger partial charge in [-0.3, -0.25) is 4.79 Å². The molecule has 0 aliphatic rings. The number of carbonyl (C=O) groups is 1. The summed E-state index contributed by atoms with van der Waals surface area (Å²) in [7, 11) is 0. The maximum atomic E-state index is 12.1.